The second-order valence-corrected chi connectivity index (χ2v) is 0. The van der Waals surface area contributed by atoms with Gasteiger partial charge in [0, 0.05) is 0 Å². The molecule has 0 saturated heterocycles. The summed E-state index contributed by atoms with van der Waals surface area (Å²) < 4.78 is 0. The smallest absolute Gasteiger partial charge is 1.00 e. The van der Waals surface area contributed by atoms with E-state index in [4.69, 9.17) is 0 Å². The molecule has 0 aliphatic rings. The first-order chi connectivity index (χ1) is 0. The molecule has 0 aromatic rings. The van der Waals surface area contributed by atoms with E-state index in [0.29, 0.717) is 0 Å². The van der Waals surface area contributed by atoms with Crippen LogP contribution in [-0.4, -0.2) is 67.8 Å². The molecule has 0 atom stereocenters. The molecule has 0 radical (unpaired) electrons. The first kappa shape index (κ1) is 338. The van der Waals surface area contributed by atoms with Crippen molar-refractivity contribution in [1.82, 2.24) is 0 Å². The van der Waals surface area contributed by atoms with Crippen LogP contribution in [0.15, 0.2) is 0 Å². The van der Waals surface area contributed by atoms with Crippen molar-refractivity contribution in [3.63, 3.8) is 0 Å². The molecule has 0 aliphatic heterocycles. The third-order valence-corrected chi connectivity index (χ3v) is 0. The first-order valence-corrected chi connectivity index (χ1v) is 0. The predicted octanol–water partition coefficient (Wildman–Crippen LogP) is -5.46. The van der Waals surface area contributed by atoms with Crippen molar-refractivity contribution in [2.24, 2.45) is 0 Å². The van der Waals surface area contributed by atoms with Crippen molar-refractivity contribution in [2.45, 2.75) is 0 Å². The molecule has 0 aliphatic carbocycles. The summed E-state index contributed by atoms with van der Waals surface area (Å²) in [6.45, 7) is 0. The van der Waals surface area contributed by atoms with E-state index >= 15 is 0 Å². The van der Waals surface area contributed by atoms with Crippen LogP contribution < -0.4 is 0 Å². The van der Waals surface area contributed by atoms with Gasteiger partial charge < -0.3 is 30.2 Å². The number of rotatable bonds is 0. The SMILES string of the molecule is O.O.O.O.O.[AlH3].[H-].[H-].[Mg+2]. The molecule has 0 saturated carbocycles. The molecule has 0 amide bonds. The number of hydrogen-bond donors (Lipinski definition) is 0. The zero-order valence-corrected chi connectivity index (χ0v) is 4.62. The predicted molar refractivity (Wildman–Crippen MR) is 36.0 cm³/mol. The second kappa shape index (κ2) is 219. The largest absolute Gasteiger partial charge is 2.00 e. The van der Waals surface area contributed by atoms with Crippen LogP contribution in [0.5, 0.6) is 0 Å². The van der Waals surface area contributed by atoms with Crippen molar-refractivity contribution in [3.05, 3.63) is 0 Å². The average molecular weight is 146 g/mol. The maximum Gasteiger partial charge on any atom is 2.00 e. The van der Waals surface area contributed by atoms with E-state index in [1.807, 2.05) is 0 Å². The minimum Gasteiger partial charge on any atom is -1.00 e. The summed E-state index contributed by atoms with van der Waals surface area (Å²) in [5.74, 6) is 0. The van der Waals surface area contributed by atoms with Crippen molar-refractivity contribution in [3.8, 4) is 0 Å². The van der Waals surface area contributed by atoms with Gasteiger partial charge in [0.1, 0.15) is 0 Å². The quantitative estimate of drug-likeness (QED) is 0.299. The molecule has 7 heteroatoms. The Balaban J connectivity index is 0. The molecule has 0 rings (SSSR count). The van der Waals surface area contributed by atoms with E-state index < -0.39 is 0 Å². The van der Waals surface area contributed by atoms with Crippen LogP contribution in [0, 0.1) is 0 Å². The van der Waals surface area contributed by atoms with Crippen LogP contribution in [0.4, 0.5) is 0 Å². The van der Waals surface area contributed by atoms with Crippen molar-refractivity contribution in [1.29, 1.82) is 0 Å². The van der Waals surface area contributed by atoms with Crippen molar-refractivity contribution >= 4 is 40.4 Å². The molecular weight excluding hydrogens is 131 g/mol. The van der Waals surface area contributed by atoms with Gasteiger partial charge in [-0.1, -0.05) is 0 Å². The van der Waals surface area contributed by atoms with E-state index in [-0.39, 0.29) is 70.6 Å². The van der Waals surface area contributed by atoms with Crippen LogP contribution in [0.2, 0.25) is 0 Å². The molecule has 0 heterocycles. The van der Waals surface area contributed by atoms with Gasteiger partial charge in [-0.15, -0.1) is 0 Å². The molecule has 5 nitrogen and oxygen atoms in total. The zero-order chi connectivity index (χ0) is 0. The normalized spacial score (nSPS) is 0. The van der Waals surface area contributed by atoms with Crippen molar-refractivity contribution in [2.75, 3.05) is 0 Å². The number of hydrogen-bond acceptors (Lipinski definition) is 0. The third kappa shape index (κ3) is 153. The summed E-state index contributed by atoms with van der Waals surface area (Å²) in [7, 11) is 0. The van der Waals surface area contributed by atoms with Crippen LogP contribution in [0.3, 0.4) is 0 Å². The Morgan fingerprint density at radius 2 is 0.571 bits per heavy atom. The molecule has 7 heavy (non-hydrogen) atoms. The van der Waals surface area contributed by atoms with Gasteiger partial charge in [0.05, 0.1) is 0 Å². The molecule has 0 unspecified atom stereocenters. The molecule has 0 bridgehead atoms. The Kier molecular flexibility index (Phi) is 10600. The summed E-state index contributed by atoms with van der Waals surface area (Å²) in [5, 5.41) is 0. The maximum atomic E-state index is 0. The molecule has 0 fully saturated rings. The first-order valence-electron chi connectivity index (χ1n) is 0. The van der Waals surface area contributed by atoms with E-state index in [2.05, 4.69) is 0 Å². The van der Waals surface area contributed by atoms with E-state index in [9.17, 15) is 0 Å². The van der Waals surface area contributed by atoms with E-state index in [1.54, 1.807) is 0 Å². The van der Waals surface area contributed by atoms with Crippen molar-refractivity contribution < 1.29 is 30.2 Å². The summed E-state index contributed by atoms with van der Waals surface area (Å²) >= 11 is 0. The fourth-order valence-corrected chi connectivity index (χ4v) is 0. The monoisotopic (exact) mass is 146 g/mol. The average Bonchev–Trinajstić information content (AvgIpc) is 0. The minimum atomic E-state index is 0. The molecule has 0 aromatic carbocycles. The molecule has 0 aromatic heterocycles. The van der Waals surface area contributed by atoms with Crippen LogP contribution >= 0.6 is 0 Å². The zero-order valence-electron chi connectivity index (χ0n) is 5.21. The Labute approximate surface area is 70.9 Å². The van der Waals surface area contributed by atoms with Gasteiger partial charge in [-0.2, -0.15) is 0 Å². The fourth-order valence-electron chi connectivity index (χ4n) is 0. The van der Waals surface area contributed by atoms with Gasteiger partial charge in [-0.25, -0.2) is 0 Å². The van der Waals surface area contributed by atoms with Crippen LogP contribution in [0.25, 0.3) is 0 Å². The molecule has 0 spiro atoms. The van der Waals surface area contributed by atoms with Gasteiger partial charge in [0.15, 0.2) is 17.4 Å². The van der Waals surface area contributed by atoms with E-state index in [1.165, 1.54) is 0 Å². The Morgan fingerprint density at radius 3 is 0.571 bits per heavy atom. The summed E-state index contributed by atoms with van der Waals surface area (Å²) in [6.07, 6.45) is 0. The van der Waals surface area contributed by atoms with Gasteiger partial charge in [-0.05, 0) is 0 Å². The van der Waals surface area contributed by atoms with E-state index in [0.717, 1.165) is 0 Å². The molecule has 10 N–H and O–H groups in total. The second-order valence-electron chi connectivity index (χ2n) is 0. The summed E-state index contributed by atoms with van der Waals surface area (Å²) in [6, 6.07) is 0. The standard InChI is InChI=1S/Al.Mg.5H2O.5H/h;;5*1H2;;;;;/q;+2;;;;;;;;;2*-1. The van der Waals surface area contributed by atoms with Crippen LogP contribution in [-0.2, 0) is 0 Å². The minimum absolute atomic E-state index is 0. The van der Waals surface area contributed by atoms with Crippen LogP contribution in [0.1, 0.15) is 2.85 Å². The summed E-state index contributed by atoms with van der Waals surface area (Å²) in [4.78, 5) is 0. The Bertz CT molecular complexity index is 14.9. The van der Waals surface area contributed by atoms with Gasteiger partial charge in [-0.3, -0.25) is 0 Å². The Morgan fingerprint density at radius 1 is 0.571 bits per heavy atom. The summed E-state index contributed by atoms with van der Waals surface area (Å²) in [5.41, 5.74) is 0. The maximum absolute atomic E-state index is 0. The van der Waals surface area contributed by atoms with Gasteiger partial charge in [0.2, 0.25) is 0 Å². The molecular formula is H15AlMgO5. The topological polar surface area (TPSA) is 158 Å². The third-order valence-electron chi connectivity index (χ3n) is 0. The molecule has 50 valence electrons. The van der Waals surface area contributed by atoms with Gasteiger partial charge in [0.25, 0.3) is 0 Å². The fraction of sp³-hybridized carbons (Fsp3) is 0. The van der Waals surface area contributed by atoms with Gasteiger partial charge >= 0.3 is 23.1 Å². The Hall–Kier alpha value is 1.10.